The molecule has 0 aromatic carbocycles. The highest BCUT2D eigenvalue weighted by Gasteiger charge is 2.28. The van der Waals surface area contributed by atoms with Crippen molar-refractivity contribution in [2.24, 2.45) is 5.73 Å². The summed E-state index contributed by atoms with van der Waals surface area (Å²) in [4.78, 5) is 28.9. The third-order valence-electron chi connectivity index (χ3n) is 3.41. The van der Waals surface area contributed by atoms with Gasteiger partial charge in [-0.1, -0.05) is 25.1 Å². The molecule has 1 aliphatic carbocycles. The van der Waals surface area contributed by atoms with Gasteiger partial charge < -0.3 is 15.6 Å². The van der Waals surface area contributed by atoms with Gasteiger partial charge in [0.1, 0.15) is 5.56 Å². The van der Waals surface area contributed by atoms with Crippen molar-refractivity contribution in [3.05, 3.63) is 34.2 Å². The molecule has 1 aromatic rings. The van der Waals surface area contributed by atoms with Crippen molar-refractivity contribution in [3.8, 4) is 0 Å². The van der Waals surface area contributed by atoms with Crippen LogP contribution in [0.1, 0.15) is 36.0 Å². The monoisotopic (exact) mass is 279 g/mol. The lowest BCUT2D eigenvalue weighted by atomic mass is 10.1. The molecular formula is C13H17N3O2S. The van der Waals surface area contributed by atoms with Crippen molar-refractivity contribution in [3.63, 3.8) is 0 Å². The van der Waals surface area contributed by atoms with Gasteiger partial charge in [-0.05, 0) is 12.8 Å². The second-order valence-electron chi connectivity index (χ2n) is 4.76. The third kappa shape index (κ3) is 3.20. The summed E-state index contributed by atoms with van der Waals surface area (Å²) >= 11 is 4.91. The standard InChI is InChI=1S/C13H17N3O2S/c14-12(19)8-16(9-3-1-2-4-9)13(18)10-7-15-6-5-11(10)17/h5-7,9H,1-4,8H2,(H2,14,19)(H,15,17). The number of pyridine rings is 1. The molecule has 102 valence electrons. The lowest BCUT2D eigenvalue weighted by Gasteiger charge is -2.28. The van der Waals surface area contributed by atoms with Crippen molar-refractivity contribution in [2.75, 3.05) is 6.54 Å². The number of H-pyrrole nitrogens is 1. The second-order valence-corrected chi connectivity index (χ2v) is 5.28. The number of hydrogen-bond acceptors (Lipinski definition) is 3. The Kier molecular flexibility index (Phi) is 4.31. The molecule has 1 saturated carbocycles. The molecule has 0 spiro atoms. The highest BCUT2D eigenvalue weighted by molar-refractivity contribution is 7.80. The maximum Gasteiger partial charge on any atom is 0.259 e. The van der Waals surface area contributed by atoms with Gasteiger partial charge >= 0.3 is 0 Å². The molecule has 19 heavy (non-hydrogen) atoms. The predicted octanol–water partition coefficient (Wildman–Crippen LogP) is 1.05. The molecule has 1 aliphatic rings. The molecule has 1 aromatic heterocycles. The lowest BCUT2D eigenvalue weighted by molar-refractivity contribution is 0.0713. The molecule has 5 nitrogen and oxygen atoms in total. The zero-order valence-corrected chi connectivity index (χ0v) is 11.4. The molecule has 2 rings (SSSR count). The number of nitrogens with zero attached hydrogens (tertiary/aromatic N) is 1. The molecule has 0 aliphatic heterocycles. The van der Waals surface area contributed by atoms with E-state index in [0.29, 0.717) is 0 Å². The summed E-state index contributed by atoms with van der Waals surface area (Å²) in [5.74, 6) is -0.290. The highest BCUT2D eigenvalue weighted by Crippen LogP contribution is 2.24. The van der Waals surface area contributed by atoms with Crippen LogP contribution in [0.5, 0.6) is 0 Å². The summed E-state index contributed by atoms with van der Waals surface area (Å²) in [5, 5.41) is 0. The van der Waals surface area contributed by atoms with Crippen molar-refractivity contribution in [1.29, 1.82) is 0 Å². The number of aromatic nitrogens is 1. The first-order chi connectivity index (χ1) is 9.09. The summed E-state index contributed by atoms with van der Waals surface area (Å²) in [6, 6.07) is 1.48. The molecule has 1 amide bonds. The summed E-state index contributed by atoms with van der Waals surface area (Å²) in [6.07, 6.45) is 7.02. The van der Waals surface area contributed by atoms with Crippen molar-refractivity contribution in [1.82, 2.24) is 9.88 Å². The van der Waals surface area contributed by atoms with Crippen LogP contribution in [0, 0.1) is 0 Å². The smallest absolute Gasteiger partial charge is 0.259 e. The maximum atomic E-state index is 12.5. The molecule has 0 radical (unpaired) electrons. The average molecular weight is 279 g/mol. The number of rotatable bonds is 4. The van der Waals surface area contributed by atoms with E-state index in [0.717, 1.165) is 25.7 Å². The van der Waals surface area contributed by atoms with Crippen LogP contribution in [0.4, 0.5) is 0 Å². The van der Waals surface area contributed by atoms with E-state index in [4.69, 9.17) is 18.0 Å². The molecule has 0 unspecified atom stereocenters. The summed E-state index contributed by atoms with van der Waals surface area (Å²) in [6.45, 7) is 0.229. The van der Waals surface area contributed by atoms with E-state index in [1.807, 2.05) is 0 Å². The minimum Gasteiger partial charge on any atom is -0.392 e. The second kappa shape index (κ2) is 5.97. The Balaban J connectivity index is 2.27. The molecule has 0 bridgehead atoms. The quantitative estimate of drug-likeness (QED) is 0.807. The maximum absolute atomic E-state index is 12.5. The first kappa shape index (κ1) is 13.7. The molecule has 0 atom stereocenters. The van der Waals surface area contributed by atoms with Gasteiger partial charge in [0, 0.05) is 24.5 Å². The molecule has 1 fully saturated rings. The van der Waals surface area contributed by atoms with E-state index in [2.05, 4.69) is 4.98 Å². The van der Waals surface area contributed by atoms with Gasteiger partial charge in [0.15, 0.2) is 5.43 Å². The molecule has 3 N–H and O–H groups in total. The number of carbonyl (C=O) groups is 1. The van der Waals surface area contributed by atoms with E-state index >= 15 is 0 Å². The van der Waals surface area contributed by atoms with Crippen LogP contribution in [0.15, 0.2) is 23.3 Å². The van der Waals surface area contributed by atoms with Crippen LogP contribution in [-0.4, -0.2) is 33.4 Å². The number of carbonyl (C=O) groups excluding carboxylic acids is 1. The SMILES string of the molecule is NC(=S)CN(C(=O)c1c[nH]ccc1=O)C1CCCC1. The fourth-order valence-electron chi connectivity index (χ4n) is 2.49. The van der Waals surface area contributed by atoms with Crippen molar-refractivity contribution in [2.45, 2.75) is 31.7 Å². The Morgan fingerprint density at radius 2 is 2.16 bits per heavy atom. The fourth-order valence-corrected chi connectivity index (χ4v) is 2.63. The first-order valence-electron chi connectivity index (χ1n) is 6.36. The van der Waals surface area contributed by atoms with Gasteiger partial charge in [-0.25, -0.2) is 0 Å². The summed E-state index contributed by atoms with van der Waals surface area (Å²) < 4.78 is 0. The Bertz CT molecular complexity index is 535. The number of hydrogen-bond donors (Lipinski definition) is 2. The van der Waals surface area contributed by atoms with E-state index in [9.17, 15) is 9.59 Å². The van der Waals surface area contributed by atoms with Crippen LogP contribution >= 0.6 is 12.2 Å². The van der Waals surface area contributed by atoms with E-state index in [-0.39, 0.29) is 34.5 Å². The van der Waals surface area contributed by atoms with Gasteiger partial charge in [-0.15, -0.1) is 0 Å². The number of amides is 1. The zero-order chi connectivity index (χ0) is 13.8. The number of aromatic amines is 1. The summed E-state index contributed by atoms with van der Waals surface area (Å²) in [7, 11) is 0. The van der Waals surface area contributed by atoms with E-state index < -0.39 is 0 Å². The van der Waals surface area contributed by atoms with Crippen LogP contribution < -0.4 is 11.2 Å². The zero-order valence-electron chi connectivity index (χ0n) is 10.6. The minimum atomic E-state index is -0.290. The van der Waals surface area contributed by atoms with Crippen LogP contribution in [0.25, 0.3) is 0 Å². The number of nitrogens with one attached hydrogen (secondary N) is 1. The lowest BCUT2D eigenvalue weighted by Crippen LogP contribution is -2.45. The number of thiocarbonyl (C=S) groups is 1. The van der Waals surface area contributed by atoms with Crippen LogP contribution in [0.3, 0.4) is 0 Å². The van der Waals surface area contributed by atoms with E-state index in [1.54, 1.807) is 4.90 Å². The molecular weight excluding hydrogens is 262 g/mol. The fraction of sp³-hybridized carbons (Fsp3) is 0.462. The Hall–Kier alpha value is -1.69. The molecule has 0 saturated heterocycles. The summed E-state index contributed by atoms with van der Waals surface area (Å²) in [5.41, 5.74) is 5.43. The van der Waals surface area contributed by atoms with Crippen LogP contribution in [0.2, 0.25) is 0 Å². The Morgan fingerprint density at radius 3 is 2.74 bits per heavy atom. The number of nitrogens with two attached hydrogens (primary N) is 1. The minimum absolute atomic E-state index is 0.133. The third-order valence-corrected chi connectivity index (χ3v) is 3.54. The van der Waals surface area contributed by atoms with Gasteiger partial charge in [-0.3, -0.25) is 9.59 Å². The molecule has 6 heteroatoms. The van der Waals surface area contributed by atoms with Gasteiger partial charge in [-0.2, -0.15) is 0 Å². The Labute approximate surface area is 116 Å². The van der Waals surface area contributed by atoms with Gasteiger partial charge in [0.25, 0.3) is 5.91 Å². The predicted molar refractivity (Wildman–Crippen MR) is 77.1 cm³/mol. The van der Waals surface area contributed by atoms with Gasteiger partial charge in [0.05, 0.1) is 11.5 Å². The normalized spacial score (nSPS) is 15.4. The van der Waals surface area contributed by atoms with E-state index in [1.165, 1.54) is 18.5 Å². The Morgan fingerprint density at radius 1 is 1.47 bits per heavy atom. The van der Waals surface area contributed by atoms with Crippen molar-refractivity contribution < 1.29 is 4.79 Å². The van der Waals surface area contributed by atoms with Gasteiger partial charge in [0.2, 0.25) is 0 Å². The highest BCUT2D eigenvalue weighted by atomic mass is 32.1. The topological polar surface area (TPSA) is 79.2 Å². The van der Waals surface area contributed by atoms with Crippen molar-refractivity contribution >= 4 is 23.1 Å². The average Bonchev–Trinajstić information content (AvgIpc) is 2.89. The largest absolute Gasteiger partial charge is 0.392 e. The van der Waals surface area contributed by atoms with Crippen LogP contribution in [-0.2, 0) is 0 Å². The first-order valence-corrected chi connectivity index (χ1v) is 6.77. The molecule has 1 heterocycles.